The lowest BCUT2D eigenvalue weighted by Crippen LogP contribution is -3.20. The number of ether oxygens (including phenoxy) is 1. The van der Waals surface area contributed by atoms with Crippen molar-refractivity contribution in [3.8, 4) is 16.9 Å². The second-order valence-corrected chi connectivity index (χ2v) is 5.58. The lowest BCUT2D eigenvalue weighted by molar-refractivity contribution is -0.946. The monoisotopic (exact) mass is 284 g/mol. The van der Waals surface area contributed by atoms with Crippen molar-refractivity contribution in [2.45, 2.75) is 0 Å². The van der Waals surface area contributed by atoms with Crippen LogP contribution in [0.5, 0.6) is 5.75 Å². The number of hydrogen-bond acceptors (Lipinski definition) is 1. The minimum Gasteiger partial charge on any atom is -0.487 e. The summed E-state index contributed by atoms with van der Waals surface area (Å²) < 4.78 is 6.06. The van der Waals surface area contributed by atoms with Crippen LogP contribution in [0.15, 0.2) is 54.6 Å². The fourth-order valence-electron chi connectivity index (χ4n) is 2.89. The Hall–Kier alpha value is -1.84. The first-order chi connectivity index (χ1) is 10.4. The molecule has 2 aromatic rings. The summed E-state index contributed by atoms with van der Waals surface area (Å²) in [5.41, 5.74) is 2.40. The van der Waals surface area contributed by atoms with E-state index in [0.29, 0.717) is 0 Å². The highest BCUT2D eigenvalue weighted by molar-refractivity contribution is 5.70. The second-order valence-electron chi connectivity index (χ2n) is 5.58. The number of nitrogens with one attached hydrogen (secondary N) is 1. The van der Waals surface area contributed by atoms with Crippen molar-refractivity contribution in [2.24, 2.45) is 0 Å². The van der Waals surface area contributed by atoms with Gasteiger partial charge in [0, 0.05) is 5.56 Å². The molecule has 3 N–H and O–H groups in total. The molecule has 1 aliphatic heterocycles. The van der Waals surface area contributed by atoms with E-state index in [0.717, 1.165) is 18.9 Å². The van der Waals surface area contributed by atoms with E-state index in [2.05, 4.69) is 47.8 Å². The summed E-state index contributed by atoms with van der Waals surface area (Å²) in [7, 11) is 0. The Morgan fingerprint density at radius 3 is 2.43 bits per heavy atom. The Bertz CT molecular complexity index is 550. The molecule has 0 aliphatic carbocycles. The summed E-state index contributed by atoms with van der Waals surface area (Å²) in [6, 6.07) is 18.8. The van der Waals surface area contributed by atoms with E-state index in [1.54, 1.807) is 4.90 Å². The fraction of sp³-hybridized carbons (Fsp3) is 0.333. The van der Waals surface area contributed by atoms with Gasteiger partial charge in [0.1, 0.15) is 45.1 Å². The summed E-state index contributed by atoms with van der Waals surface area (Å²) in [6.45, 7) is 6.88. The molecule has 1 aliphatic rings. The third-order valence-electron chi connectivity index (χ3n) is 4.09. The van der Waals surface area contributed by atoms with Gasteiger partial charge in [-0.05, 0) is 11.6 Å². The van der Waals surface area contributed by atoms with Crippen molar-refractivity contribution in [2.75, 3.05) is 39.3 Å². The quantitative estimate of drug-likeness (QED) is 0.807. The lowest BCUT2D eigenvalue weighted by Gasteiger charge is -2.22. The highest BCUT2D eigenvalue weighted by Gasteiger charge is 2.15. The summed E-state index contributed by atoms with van der Waals surface area (Å²) >= 11 is 0. The number of hydrogen-bond donors (Lipinski definition) is 2. The number of rotatable bonds is 5. The normalized spacial score (nSPS) is 15.8. The maximum atomic E-state index is 6.06. The van der Waals surface area contributed by atoms with E-state index in [1.807, 2.05) is 12.1 Å². The molecule has 0 aromatic heterocycles. The standard InChI is InChI=1S/C18H22N2O/c1-2-6-16(7-3-1)17-8-4-5-9-18(17)21-15-14-20-12-10-19-11-13-20/h1-9,19H,10-15H2/p+2. The molecule has 0 unspecified atom stereocenters. The van der Waals surface area contributed by atoms with Gasteiger partial charge < -0.3 is 15.0 Å². The SMILES string of the molecule is c1ccc(-c2ccccc2OCC[NH+]2CC[NH2+]CC2)cc1. The lowest BCUT2D eigenvalue weighted by atomic mass is 10.1. The van der Waals surface area contributed by atoms with Crippen molar-refractivity contribution in [1.82, 2.24) is 0 Å². The molecule has 0 radical (unpaired) electrons. The molecular weight excluding hydrogens is 260 g/mol. The van der Waals surface area contributed by atoms with Crippen molar-refractivity contribution in [3.05, 3.63) is 54.6 Å². The Balaban J connectivity index is 1.63. The molecule has 0 atom stereocenters. The van der Waals surface area contributed by atoms with Gasteiger partial charge in [-0.3, -0.25) is 0 Å². The van der Waals surface area contributed by atoms with Gasteiger partial charge >= 0.3 is 0 Å². The molecule has 0 bridgehead atoms. The van der Waals surface area contributed by atoms with Crippen LogP contribution in [-0.2, 0) is 0 Å². The van der Waals surface area contributed by atoms with Gasteiger partial charge in [-0.2, -0.15) is 0 Å². The van der Waals surface area contributed by atoms with Crippen LogP contribution in [0.3, 0.4) is 0 Å². The molecule has 0 saturated carbocycles. The molecule has 0 amide bonds. The summed E-state index contributed by atoms with van der Waals surface area (Å²) in [5, 5.41) is 2.40. The van der Waals surface area contributed by atoms with Crippen LogP contribution in [0.25, 0.3) is 11.1 Å². The van der Waals surface area contributed by atoms with Crippen LogP contribution in [0.4, 0.5) is 0 Å². The molecule has 110 valence electrons. The van der Waals surface area contributed by atoms with Gasteiger partial charge in [0.25, 0.3) is 0 Å². The zero-order chi connectivity index (χ0) is 14.3. The number of quaternary nitrogens is 2. The minimum atomic E-state index is 0.791. The highest BCUT2D eigenvalue weighted by Crippen LogP contribution is 2.29. The molecular formula is C18H24N2O+2. The van der Waals surface area contributed by atoms with Gasteiger partial charge in [0.05, 0.1) is 0 Å². The van der Waals surface area contributed by atoms with Crippen molar-refractivity contribution < 1.29 is 15.0 Å². The molecule has 1 heterocycles. The summed E-state index contributed by atoms with van der Waals surface area (Å²) in [4.78, 5) is 1.66. The Labute approximate surface area is 126 Å². The molecule has 2 aromatic carbocycles. The van der Waals surface area contributed by atoms with Gasteiger partial charge in [-0.1, -0.05) is 48.5 Å². The van der Waals surface area contributed by atoms with E-state index in [1.165, 1.54) is 37.3 Å². The maximum absolute atomic E-state index is 6.06. The van der Waals surface area contributed by atoms with Crippen molar-refractivity contribution in [3.63, 3.8) is 0 Å². The zero-order valence-corrected chi connectivity index (χ0v) is 12.4. The van der Waals surface area contributed by atoms with Gasteiger partial charge in [-0.15, -0.1) is 0 Å². The topological polar surface area (TPSA) is 30.3 Å². The molecule has 0 spiro atoms. The number of nitrogens with two attached hydrogens (primary N) is 1. The van der Waals surface area contributed by atoms with E-state index in [9.17, 15) is 0 Å². The predicted octanol–water partition coefficient (Wildman–Crippen LogP) is 0.194. The molecule has 3 heteroatoms. The smallest absolute Gasteiger partial charge is 0.137 e. The minimum absolute atomic E-state index is 0.791. The number of para-hydroxylation sites is 1. The van der Waals surface area contributed by atoms with Crippen LogP contribution in [-0.4, -0.2) is 39.3 Å². The largest absolute Gasteiger partial charge is 0.487 e. The van der Waals surface area contributed by atoms with E-state index in [-0.39, 0.29) is 0 Å². The Kier molecular flexibility index (Phi) is 4.87. The fourth-order valence-corrected chi connectivity index (χ4v) is 2.89. The van der Waals surface area contributed by atoms with Crippen LogP contribution >= 0.6 is 0 Å². The first-order valence-corrected chi connectivity index (χ1v) is 7.86. The van der Waals surface area contributed by atoms with Crippen LogP contribution in [0.2, 0.25) is 0 Å². The van der Waals surface area contributed by atoms with E-state index < -0.39 is 0 Å². The first kappa shape index (κ1) is 14.1. The van der Waals surface area contributed by atoms with Gasteiger partial charge in [-0.25, -0.2) is 0 Å². The van der Waals surface area contributed by atoms with Crippen LogP contribution < -0.4 is 15.0 Å². The second kappa shape index (κ2) is 7.25. The third-order valence-corrected chi connectivity index (χ3v) is 4.09. The number of piperazine rings is 1. The van der Waals surface area contributed by atoms with E-state index in [4.69, 9.17) is 4.74 Å². The maximum Gasteiger partial charge on any atom is 0.137 e. The predicted molar refractivity (Wildman–Crippen MR) is 84.6 cm³/mol. The first-order valence-electron chi connectivity index (χ1n) is 7.86. The third kappa shape index (κ3) is 3.84. The van der Waals surface area contributed by atoms with Gasteiger partial charge in [0.15, 0.2) is 0 Å². The Morgan fingerprint density at radius 1 is 0.905 bits per heavy atom. The van der Waals surface area contributed by atoms with E-state index >= 15 is 0 Å². The molecule has 1 fully saturated rings. The average molecular weight is 284 g/mol. The van der Waals surface area contributed by atoms with Crippen molar-refractivity contribution in [1.29, 1.82) is 0 Å². The molecule has 21 heavy (non-hydrogen) atoms. The average Bonchev–Trinajstić information content (AvgIpc) is 2.57. The zero-order valence-electron chi connectivity index (χ0n) is 12.4. The van der Waals surface area contributed by atoms with Gasteiger partial charge in [0.2, 0.25) is 0 Å². The molecule has 1 saturated heterocycles. The summed E-state index contributed by atoms with van der Waals surface area (Å²) in [6.07, 6.45) is 0. The molecule has 3 nitrogen and oxygen atoms in total. The van der Waals surface area contributed by atoms with Crippen LogP contribution in [0, 0.1) is 0 Å². The highest BCUT2D eigenvalue weighted by atomic mass is 16.5. The van der Waals surface area contributed by atoms with Crippen LogP contribution in [0.1, 0.15) is 0 Å². The summed E-state index contributed by atoms with van der Waals surface area (Å²) in [5.74, 6) is 0.992. The van der Waals surface area contributed by atoms with Crippen molar-refractivity contribution >= 4 is 0 Å². The Morgan fingerprint density at radius 2 is 1.62 bits per heavy atom. The molecule has 3 rings (SSSR count). The number of benzene rings is 2.